The van der Waals surface area contributed by atoms with Gasteiger partial charge in [-0.05, 0) is 56.9 Å². The fraction of sp³-hybridized carbons (Fsp3) is 0.348. The first-order chi connectivity index (χ1) is 13.7. The fourth-order valence-electron chi connectivity index (χ4n) is 3.94. The van der Waals surface area contributed by atoms with Crippen molar-refractivity contribution in [2.45, 2.75) is 45.2 Å². The van der Waals surface area contributed by atoms with E-state index in [1.54, 1.807) is 12.4 Å². The predicted molar refractivity (Wildman–Crippen MR) is 110 cm³/mol. The van der Waals surface area contributed by atoms with Crippen molar-refractivity contribution in [1.82, 2.24) is 19.7 Å². The van der Waals surface area contributed by atoms with Crippen molar-refractivity contribution in [3.63, 3.8) is 0 Å². The second-order valence-corrected chi connectivity index (χ2v) is 7.51. The van der Waals surface area contributed by atoms with Crippen LogP contribution in [0.4, 0.5) is 0 Å². The highest BCUT2D eigenvalue weighted by atomic mass is 16.2. The number of carbonyl (C=O) groups is 1. The molecule has 3 heterocycles. The minimum Gasteiger partial charge on any atom is -0.336 e. The molecule has 144 valence electrons. The maximum atomic E-state index is 13.1. The molecular weight excluding hydrogens is 348 g/mol. The third-order valence-electron chi connectivity index (χ3n) is 5.46. The molecule has 0 bridgehead atoms. The molecule has 2 aromatic heterocycles. The largest absolute Gasteiger partial charge is 0.336 e. The van der Waals surface area contributed by atoms with Crippen LogP contribution < -0.4 is 0 Å². The van der Waals surface area contributed by atoms with Crippen LogP contribution in [0.5, 0.6) is 0 Å². The van der Waals surface area contributed by atoms with E-state index in [1.165, 1.54) is 12.0 Å². The molecule has 1 fully saturated rings. The van der Waals surface area contributed by atoms with Crippen LogP contribution in [0.25, 0.3) is 11.3 Å². The molecule has 0 saturated carbocycles. The molecule has 1 saturated heterocycles. The van der Waals surface area contributed by atoms with E-state index in [0.717, 1.165) is 43.6 Å². The van der Waals surface area contributed by atoms with Crippen LogP contribution in [-0.4, -0.2) is 38.2 Å². The van der Waals surface area contributed by atoms with Gasteiger partial charge >= 0.3 is 0 Å². The Bertz CT molecular complexity index is 918. The molecule has 1 atom stereocenters. The van der Waals surface area contributed by atoms with Gasteiger partial charge in [0.1, 0.15) is 0 Å². The van der Waals surface area contributed by atoms with Gasteiger partial charge in [-0.1, -0.05) is 23.8 Å². The predicted octanol–water partition coefficient (Wildman–Crippen LogP) is 4.34. The maximum absolute atomic E-state index is 13.1. The zero-order valence-corrected chi connectivity index (χ0v) is 16.3. The molecule has 3 aromatic rings. The molecule has 4 rings (SSSR count). The number of benzene rings is 1. The SMILES string of the molecule is Cc1cccc(-c2ccc(C(=O)N3CCCC[C@H]3CCn3cccn3)cn2)c1. The van der Waals surface area contributed by atoms with Crippen molar-refractivity contribution in [3.8, 4) is 11.3 Å². The summed E-state index contributed by atoms with van der Waals surface area (Å²) in [4.78, 5) is 19.7. The van der Waals surface area contributed by atoms with Gasteiger partial charge in [-0.25, -0.2) is 0 Å². The second kappa shape index (κ2) is 8.38. The molecular formula is C23H26N4O. The number of pyridine rings is 1. The Hall–Kier alpha value is -2.95. The third-order valence-corrected chi connectivity index (χ3v) is 5.46. The number of hydrogen-bond donors (Lipinski definition) is 0. The number of nitrogens with zero attached hydrogens (tertiary/aromatic N) is 4. The Morgan fingerprint density at radius 2 is 2.11 bits per heavy atom. The summed E-state index contributed by atoms with van der Waals surface area (Å²) in [6.07, 6.45) is 9.73. The van der Waals surface area contributed by atoms with Crippen LogP contribution in [0.2, 0.25) is 0 Å². The summed E-state index contributed by atoms with van der Waals surface area (Å²) < 4.78 is 1.94. The summed E-state index contributed by atoms with van der Waals surface area (Å²) in [5.41, 5.74) is 3.85. The molecule has 0 aliphatic carbocycles. The molecule has 0 spiro atoms. The summed E-state index contributed by atoms with van der Waals surface area (Å²) in [7, 11) is 0. The van der Waals surface area contributed by atoms with Gasteiger partial charge in [0, 0.05) is 43.3 Å². The normalized spacial score (nSPS) is 16.9. The Morgan fingerprint density at radius 3 is 2.86 bits per heavy atom. The van der Waals surface area contributed by atoms with Gasteiger partial charge < -0.3 is 4.90 Å². The highest BCUT2D eigenvalue weighted by Crippen LogP contribution is 2.24. The van der Waals surface area contributed by atoms with Gasteiger partial charge in [-0.15, -0.1) is 0 Å². The van der Waals surface area contributed by atoms with E-state index in [-0.39, 0.29) is 11.9 Å². The van der Waals surface area contributed by atoms with Crippen molar-refractivity contribution in [3.05, 3.63) is 72.2 Å². The van der Waals surface area contributed by atoms with Crippen LogP contribution >= 0.6 is 0 Å². The average molecular weight is 374 g/mol. The molecule has 1 amide bonds. The molecule has 1 aliphatic heterocycles. The topological polar surface area (TPSA) is 51.0 Å². The first-order valence-corrected chi connectivity index (χ1v) is 10.0. The van der Waals surface area contributed by atoms with E-state index in [0.29, 0.717) is 5.56 Å². The van der Waals surface area contributed by atoms with Crippen molar-refractivity contribution in [1.29, 1.82) is 0 Å². The minimum absolute atomic E-state index is 0.0912. The van der Waals surface area contributed by atoms with Crippen LogP contribution in [-0.2, 0) is 6.54 Å². The summed E-state index contributed by atoms with van der Waals surface area (Å²) in [6, 6.07) is 14.3. The summed E-state index contributed by atoms with van der Waals surface area (Å²) in [6.45, 7) is 3.73. The monoisotopic (exact) mass is 374 g/mol. The maximum Gasteiger partial charge on any atom is 0.255 e. The summed E-state index contributed by atoms with van der Waals surface area (Å²) in [5, 5.41) is 4.28. The molecule has 5 nitrogen and oxygen atoms in total. The van der Waals surface area contributed by atoms with E-state index in [4.69, 9.17) is 0 Å². The molecule has 0 unspecified atom stereocenters. The number of aryl methyl sites for hydroxylation is 2. The Labute approximate surface area is 166 Å². The Morgan fingerprint density at radius 1 is 1.18 bits per heavy atom. The number of rotatable bonds is 5. The van der Waals surface area contributed by atoms with Crippen molar-refractivity contribution < 1.29 is 4.79 Å². The third kappa shape index (κ3) is 4.14. The van der Waals surface area contributed by atoms with E-state index in [1.807, 2.05) is 46.1 Å². The van der Waals surface area contributed by atoms with Gasteiger partial charge in [0.05, 0.1) is 11.3 Å². The molecule has 28 heavy (non-hydrogen) atoms. The van der Waals surface area contributed by atoms with Crippen LogP contribution in [0.15, 0.2) is 61.1 Å². The summed E-state index contributed by atoms with van der Waals surface area (Å²) in [5.74, 6) is 0.0912. The first kappa shape index (κ1) is 18.4. The minimum atomic E-state index is 0.0912. The second-order valence-electron chi connectivity index (χ2n) is 7.51. The molecule has 0 N–H and O–H groups in total. The zero-order chi connectivity index (χ0) is 19.3. The molecule has 1 aromatic carbocycles. The molecule has 5 heteroatoms. The standard InChI is InChI=1S/C23H26N4O/c1-18-6-4-7-19(16-18)22-10-9-20(17-24-22)23(28)27-14-3-2-8-21(27)11-15-26-13-5-12-25-26/h4-7,9-10,12-13,16-17,21H,2-3,8,11,14-15H2,1H3/t21-/m0/s1. The van der Waals surface area contributed by atoms with E-state index >= 15 is 0 Å². The van der Waals surface area contributed by atoms with Gasteiger partial charge in [0.15, 0.2) is 0 Å². The quantitative estimate of drug-likeness (QED) is 0.668. The number of aromatic nitrogens is 3. The number of likely N-dealkylation sites (tertiary alicyclic amines) is 1. The number of amides is 1. The average Bonchev–Trinajstić information content (AvgIpc) is 3.26. The van der Waals surface area contributed by atoms with E-state index < -0.39 is 0 Å². The van der Waals surface area contributed by atoms with E-state index in [2.05, 4.69) is 29.1 Å². The number of carbonyl (C=O) groups excluding carboxylic acids is 1. The lowest BCUT2D eigenvalue weighted by Crippen LogP contribution is -2.44. The number of hydrogen-bond acceptors (Lipinski definition) is 3. The molecule has 1 aliphatic rings. The molecule has 0 radical (unpaired) electrons. The first-order valence-electron chi connectivity index (χ1n) is 10.0. The Kier molecular flexibility index (Phi) is 5.51. The van der Waals surface area contributed by atoms with Crippen LogP contribution in [0, 0.1) is 6.92 Å². The van der Waals surface area contributed by atoms with Crippen molar-refractivity contribution >= 4 is 5.91 Å². The Balaban J connectivity index is 1.47. The van der Waals surface area contributed by atoms with Crippen LogP contribution in [0.3, 0.4) is 0 Å². The highest BCUT2D eigenvalue weighted by Gasteiger charge is 2.27. The van der Waals surface area contributed by atoms with Crippen molar-refractivity contribution in [2.75, 3.05) is 6.54 Å². The van der Waals surface area contributed by atoms with Gasteiger partial charge in [-0.3, -0.25) is 14.5 Å². The smallest absolute Gasteiger partial charge is 0.255 e. The zero-order valence-electron chi connectivity index (χ0n) is 16.3. The van der Waals surface area contributed by atoms with Gasteiger partial charge in [0.2, 0.25) is 0 Å². The fourth-order valence-corrected chi connectivity index (χ4v) is 3.94. The van der Waals surface area contributed by atoms with Gasteiger partial charge in [-0.2, -0.15) is 5.10 Å². The number of piperidine rings is 1. The lowest BCUT2D eigenvalue weighted by Gasteiger charge is -2.36. The van der Waals surface area contributed by atoms with E-state index in [9.17, 15) is 4.79 Å². The van der Waals surface area contributed by atoms with Crippen molar-refractivity contribution in [2.24, 2.45) is 0 Å². The highest BCUT2D eigenvalue weighted by molar-refractivity contribution is 5.94. The van der Waals surface area contributed by atoms with Gasteiger partial charge in [0.25, 0.3) is 5.91 Å². The van der Waals surface area contributed by atoms with Crippen LogP contribution in [0.1, 0.15) is 41.6 Å². The summed E-state index contributed by atoms with van der Waals surface area (Å²) >= 11 is 0. The lowest BCUT2D eigenvalue weighted by atomic mass is 9.98. The lowest BCUT2D eigenvalue weighted by molar-refractivity contribution is 0.0593.